The quantitative estimate of drug-likeness (QED) is 0.502. The molecule has 2 N–H and O–H groups in total. The fourth-order valence-electron chi connectivity index (χ4n) is 2.89. The van der Waals surface area contributed by atoms with Gasteiger partial charge in [0.1, 0.15) is 5.75 Å². The van der Waals surface area contributed by atoms with E-state index in [0.29, 0.717) is 24.4 Å². The molecular formula is C24H26N2O4S. The summed E-state index contributed by atoms with van der Waals surface area (Å²) in [6.45, 7) is 2.56. The molecule has 0 fully saturated rings. The van der Waals surface area contributed by atoms with E-state index in [1.165, 1.54) is 12.1 Å². The Labute approximate surface area is 183 Å². The maximum Gasteiger partial charge on any atom is 0.240 e. The first-order valence-corrected chi connectivity index (χ1v) is 11.5. The van der Waals surface area contributed by atoms with E-state index >= 15 is 0 Å². The largest absolute Gasteiger partial charge is 0.493 e. The Morgan fingerprint density at radius 2 is 1.58 bits per heavy atom. The van der Waals surface area contributed by atoms with E-state index < -0.39 is 10.0 Å². The number of rotatable bonds is 10. The lowest BCUT2D eigenvalue weighted by molar-refractivity contribution is -0.116. The van der Waals surface area contributed by atoms with Gasteiger partial charge in [-0.1, -0.05) is 48.0 Å². The zero-order valence-electron chi connectivity index (χ0n) is 17.4. The van der Waals surface area contributed by atoms with Crippen LogP contribution in [0.15, 0.2) is 83.8 Å². The van der Waals surface area contributed by atoms with Crippen LogP contribution in [-0.4, -0.2) is 27.5 Å². The Balaban J connectivity index is 1.45. The molecule has 0 spiro atoms. The molecule has 0 aliphatic rings. The topological polar surface area (TPSA) is 84.5 Å². The smallest absolute Gasteiger partial charge is 0.240 e. The molecule has 0 bridgehead atoms. The molecule has 162 valence electrons. The van der Waals surface area contributed by atoms with Crippen molar-refractivity contribution in [1.29, 1.82) is 0 Å². The summed E-state index contributed by atoms with van der Waals surface area (Å²) in [5.41, 5.74) is 2.74. The molecule has 0 unspecified atom stereocenters. The number of anilines is 1. The van der Waals surface area contributed by atoms with Crippen LogP contribution in [0.3, 0.4) is 0 Å². The molecule has 0 aliphatic carbocycles. The van der Waals surface area contributed by atoms with Gasteiger partial charge in [0.15, 0.2) is 0 Å². The van der Waals surface area contributed by atoms with Gasteiger partial charge in [0.25, 0.3) is 0 Å². The molecule has 0 radical (unpaired) electrons. The monoisotopic (exact) mass is 438 g/mol. The van der Waals surface area contributed by atoms with Gasteiger partial charge in [-0.05, 0) is 55.3 Å². The molecule has 0 atom stereocenters. The van der Waals surface area contributed by atoms with Crippen molar-refractivity contribution in [1.82, 2.24) is 4.72 Å². The van der Waals surface area contributed by atoms with Crippen molar-refractivity contribution in [2.75, 3.05) is 18.5 Å². The van der Waals surface area contributed by atoms with Crippen LogP contribution in [0, 0.1) is 6.92 Å². The maximum absolute atomic E-state index is 12.4. The highest BCUT2D eigenvalue weighted by atomic mass is 32.2. The molecule has 0 saturated carbocycles. The van der Waals surface area contributed by atoms with Crippen LogP contribution in [-0.2, 0) is 21.2 Å². The zero-order chi connectivity index (χ0) is 22.1. The van der Waals surface area contributed by atoms with Gasteiger partial charge in [-0.25, -0.2) is 13.1 Å². The lowest BCUT2D eigenvalue weighted by Crippen LogP contribution is -2.26. The van der Waals surface area contributed by atoms with Crippen LogP contribution < -0.4 is 14.8 Å². The lowest BCUT2D eigenvalue weighted by atomic mass is 10.2. The number of carbonyl (C=O) groups excluding carboxylic acids is 1. The average Bonchev–Trinajstić information content (AvgIpc) is 2.76. The standard InChI is InChI=1S/C24H26N2O4S/c1-19-7-11-22(12-8-19)30-18-16-24(27)26-21-9-13-23(14-10-21)31(28,29)25-17-15-20-5-3-2-4-6-20/h2-14,25H,15-18H2,1H3,(H,26,27). The zero-order valence-corrected chi connectivity index (χ0v) is 18.2. The number of hydrogen-bond acceptors (Lipinski definition) is 4. The van der Waals surface area contributed by atoms with Crippen molar-refractivity contribution in [3.05, 3.63) is 90.0 Å². The second-order valence-electron chi connectivity index (χ2n) is 7.12. The Hall–Kier alpha value is -3.16. The third kappa shape index (κ3) is 7.24. The van der Waals surface area contributed by atoms with Crippen molar-refractivity contribution >= 4 is 21.6 Å². The lowest BCUT2D eigenvalue weighted by Gasteiger charge is -2.09. The van der Waals surface area contributed by atoms with Crippen LogP contribution in [0.2, 0.25) is 0 Å². The van der Waals surface area contributed by atoms with Crippen molar-refractivity contribution < 1.29 is 17.9 Å². The van der Waals surface area contributed by atoms with Gasteiger partial charge in [-0.15, -0.1) is 0 Å². The molecule has 31 heavy (non-hydrogen) atoms. The Bertz CT molecular complexity index is 1080. The molecule has 6 nitrogen and oxygen atoms in total. The third-order valence-electron chi connectivity index (χ3n) is 4.62. The minimum atomic E-state index is -3.61. The van der Waals surface area contributed by atoms with Crippen molar-refractivity contribution in [3.8, 4) is 5.75 Å². The molecule has 1 amide bonds. The van der Waals surface area contributed by atoms with Gasteiger partial charge in [-0.3, -0.25) is 4.79 Å². The highest BCUT2D eigenvalue weighted by Crippen LogP contribution is 2.15. The maximum atomic E-state index is 12.4. The molecule has 0 heterocycles. The highest BCUT2D eigenvalue weighted by Gasteiger charge is 2.13. The first-order valence-electron chi connectivity index (χ1n) is 10.1. The van der Waals surface area contributed by atoms with E-state index in [-0.39, 0.29) is 23.8 Å². The van der Waals surface area contributed by atoms with Crippen molar-refractivity contribution in [2.45, 2.75) is 24.7 Å². The number of aryl methyl sites for hydroxylation is 1. The summed E-state index contributed by atoms with van der Waals surface area (Å²) in [6, 6.07) is 23.4. The van der Waals surface area contributed by atoms with Crippen LogP contribution in [0.4, 0.5) is 5.69 Å². The first-order chi connectivity index (χ1) is 14.9. The van der Waals surface area contributed by atoms with Gasteiger partial charge >= 0.3 is 0 Å². The molecule has 0 saturated heterocycles. The minimum absolute atomic E-state index is 0.154. The highest BCUT2D eigenvalue weighted by molar-refractivity contribution is 7.89. The number of sulfonamides is 1. The molecule has 3 aromatic rings. The van der Waals surface area contributed by atoms with Gasteiger partial charge in [0.2, 0.25) is 15.9 Å². The summed E-state index contributed by atoms with van der Waals surface area (Å²) in [5.74, 6) is 0.511. The van der Waals surface area contributed by atoms with Crippen molar-refractivity contribution in [3.63, 3.8) is 0 Å². The van der Waals surface area contributed by atoms with Gasteiger partial charge in [0, 0.05) is 12.2 Å². The Morgan fingerprint density at radius 3 is 2.26 bits per heavy atom. The fraction of sp³-hybridized carbons (Fsp3) is 0.208. The number of amides is 1. The molecule has 0 aromatic heterocycles. The van der Waals surface area contributed by atoms with Gasteiger partial charge in [0.05, 0.1) is 17.9 Å². The Morgan fingerprint density at radius 1 is 0.903 bits per heavy atom. The van der Waals surface area contributed by atoms with Crippen LogP contribution >= 0.6 is 0 Å². The number of carbonyl (C=O) groups is 1. The van der Waals surface area contributed by atoms with E-state index in [1.54, 1.807) is 12.1 Å². The van der Waals surface area contributed by atoms with E-state index in [4.69, 9.17) is 4.74 Å². The van der Waals surface area contributed by atoms with Gasteiger partial charge < -0.3 is 10.1 Å². The number of hydrogen-bond donors (Lipinski definition) is 2. The normalized spacial score (nSPS) is 11.1. The Kier molecular flexibility index (Phi) is 7.81. The van der Waals surface area contributed by atoms with E-state index in [9.17, 15) is 13.2 Å². The average molecular weight is 439 g/mol. The second-order valence-corrected chi connectivity index (χ2v) is 8.88. The molecular weight excluding hydrogens is 412 g/mol. The summed E-state index contributed by atoms with van der Waals surface area (Å²) in [6.07, 6.45) is 0.799. The number of nitrogens with one attached hydrogen (secondary N) is 2. The summed E-state index contributed by atoms with van der Waals surface area (Å²) in [7, 11) is -3.61. The molecule has 0 aliphatic heterocycles. The predicted octanol–water partition coefficient (Wildman–Crippen LogP) is 3.92. The summed E-state index contributed by atoms with van der Waals surface area (Å²) in [5, 5.41) is 2.75. The summed E-state index contributed by atoms with van der Waals surface area (Å²) in [4.78, 5) is 12.2. The summed E-state index contributed by atoms with van der Waals surface area (Å²) >= 11 is 0. The predicted molar refractivity (Wildman–Crippen MR) is 122 cm³/mol. The number of benzene rings is 3. The van der Waals surface area contributed by atoms with Gasteiger partial charge in [-0.2, -0.15) is 0 Å². The van der Waals surface area contributed by atoms with E-state index in [2.05, 4.69) is 10.0 Å². The van der Waals surface area contributed by atoms with Crippen LogP contribution in [0.1, 0.15) is 17.5 Å². The SMILES string of the molecule is Cc1ccc(OCCC(=O)Nc2ccc(S(=O)(=O)NCCc3ccccc3)cc2)cc1. The van der Waals surface area contributed by atoms with Crippen LogP contribution in [0.25, 0.3) is 0 Å². The molecule has 3 rings (SSSR count). The minimum Gasteiger partial charge on any atom is -0.493 e. The fourth-order valence-corrected chi connectivity index (χ4v) is 3.93. The third-order valence-corrected chi connectivity index (χ3v) is 6.09. The van der Waals surface area contributed by atoms with E-state index in [1.807, 2.05) is 61.5 Å². The first kappa shape index (κ1) is 22.5. The van der Waals surface area contributed by atoms with Crippen LogP contribution in [0.5, 0.6) is 5.75 Å². The molecule has 7 heteroatoms. The van der Waals surface area contributed by atoms with Crippen molar-refractivity contribution in [2.24, 2.45) is 0 Å². The summed E-state index contributed by atoms with van der Waals surface area (Å²) < 4.78 is 33.0. The van der Waals surface area contributed by atoms with E-state index in [0.717, 1.165) is 11.1 Å². The number of ether oxygens (including phenoxy) is 1. The second kappa shape index (κ2) is 10.7. The molecule has 3 aromatic carbocycles.